The third-order valence-electron chi connectivity index (χ3n) is 4.44. The Morgan fingerprint density at radius 3 is 2.46 bits per heavy atom. The van der Waals surface area contributed by atoms with Crippen LogP contribution in [-0.4, -0.2) is 57.6 Å². The fourth-order valence-electron chi connectivity index (χ4n) is 3.20. The van der Waals surface area contributed by atoms with Gasteiger partial charge in [0.1, 0.15) is 5.01 Å². The molecule has 138 valence electrons. The van der Waals surface area contributed by atoms with Gasteiger partial charge in [-0.3, -0.25) is 10.1 Å². The molecular formula is C18H23N5O2S. The Labute approximate surface area is 157 Å². The molecule has 1 N–H and O–H groups in total. The third-order valence-corrected chi connectivity index (χ3v) is 5.33. The van der Waals surface area contributed by atoms with Gasteiger partial charge < -0.3 is 9.80 Å². The van der Waals surface area contributed by atoms with Crippen molar-refractivity contribution in [2.24, 2.45) is 0 Å². The van der Waals surface area contributed by atoms with Gasteiger partial charge in [-0.05, 0) is 32.9 Å². The van der Waals surface area contributed by atoms with E-state index in [0.717, 1.165) is 21.7 Å². The van der Waals surface area contributed by atoms with Crippen molar-refractivity contribution in [1.29, 1.82) is 0 Å². The van der Waals surface area contributed by atoms with Crippen molar-refractivity contribution < 1.29 is 9.59 Å². The van der Waals surface area contributed by atoms with Crippen molar-refractivity contribution in [1.82, 2.24) is 20.0 Å². The number of piperazine rings is 1. The minimum Gasteiger partial charge on any atom is -0.339 e. The lowest BCUT2D eigenvalue weighted by atomic mass is 10.1. The van der Waals surface area contributed by atoms with Crippen LogP contribution in [0.3, 0.4) is 0 Å². The number of benzene rings is 1. The topological polar surface area (TPSA) is 78.4 Å². The maximum Gasteiger partial charge on any atom is 0.324 e. The van der Waals surface area contributed by atoms with Gasteiger partial charge in [-0.15, -0.1) is 10.2 Å². The zero-order valence-corrected chi connectivity index (χ0v) is 16.3. The average molecular weight is 373 g/mol. The molecule has 1 aliphatic rings. The molecule has 8 heteroatoms. The molecule has 3 rings (SSSR count). The van der Waals surface area contributed by atoms with Crippen molar-refractivity contribution in [3.8, 4) is 10.6 Å². The number of aromatic nitrogens is 2. The second-order valence-corrected chi connectivity index (χ2v) is 7.70. The summed E-state index contributed by atoms with van der Waals surface area (Å²) in [4.78, 5) is 27.5. The summed E-state index contributed by atoms with van der Waals surface area (Å²) >= 11 is 1.36. The SMILES string of the molecule is CC(=O)N1CCN(C(=O)Nc2nnc(-c3cc(C)cc(C)c3)s2)C(C)C1. The molecule has 0 radical (unpaired) electrons. The van der Waals surface area contributed by atoms with Gasteiger partial charge in [0, 0.05) is 38.2 Å². The first kappa shape index (κ1) is 18.3. The minimum atomic E-state index is -0.205. The van der Waals surface area contributed by atoms with Crippen molar-refractivity contribution in [3.63, 3.8) is 0 Å². The molecule has 2 heterocycles. The van der Waals surface area contributed by atoms with E-state index in [2.05, 4.69) is 33.7 Å². The molecule has 1 saturated heterocycles. The van der Waals surface area contributed by atoms with Gasteiger partial charge in [0.2, 0.25) is 11.0 Å². The highest BCUT2D eigenvalue weighted by atomic mass is 32.1. The van der Waals surface area contributed by atoms with Crippen LogP contribution in [0.15, 0.2) is 18.2 Å². The smallest absolute Gasteiger partial charge is 0.324 e. The molecule has 1 aromatic heterocycles. The molecule has 1 unspecified atom stereocenters. The number of hydrogen-bond donors (Lipinski definition) is 1. The number of urea groups is 1. The molecular weight excluding hydrogens is 350 g/mol. The Balaban J connectivity index is 1.67. The Bertz CT molecular complexity index is 814. The molecule has 0 saturated carbocycles. The summed E-state index contributed by atoms with van der Waals surface area (Å²) in [6.45, 7) is 9.19. The highest BCUT2D eigenvalue weighted by molar-refractivity contribution is 7.18. The van der Waals surface area contributed by atoms with Crippen LogP contribution in [0.5, 0.6) is 0 Å². The summed E-state index contributed by atoms with van der Waals surface area (Å²) < 4.78 is 0. The maximum atomic E-state index is 12.6. The summed E-state index contributed by atoms with van der Waals surface area (Å²) in [5, 5.41) is 12.4. The molecule has 1 atom stereocenters. The van der Waals surface area contributed by atoms with Crippen molar-refractivity contribution in [2.45, 2.75) is 33.7 Å². The van der Waals surface area contributed by atoms with Crippen LogP contribution in [0.2, 0.25) is 0 Å². The third kappa shape index (κ3) is 4.01. The molecule has 2 aromatic rings. The number of nitrogens with zero attached hydrogens (tertiary/aromatic N) is 4. The van der Waals surface area contributed by atoms with Crippen LogP contribution in [-0.2, 0) is 4.79 Å². The first-order chi connectivity index (χ1) is 12.3. The fourth-order valence-corrected chi connectivity index (χ4v) is 3.92. The van der Waals surface area contributed by atoms with E-state index in [1.165, 1.54) is 11.3 Å². The number of amides is 3. The molecule has 0 bridgehead atoms. The Kier molecular flexibility index (Phi) is 5.22. The van der Waals surface area contributed by atoms with Crippen LogP contribution in [0, 0.1) is 13.8 Å². The number of anilines is 1. The van der Waals surface area contributed by atoms with Gasteiger partial charge in [-0.25, -0.2) is 4.79 Å². The highest BCUT2D eigenvalue weighted by Gasteiger charge is 2.29. The summed E-state index contributed by atoms with van der Waals surface area (Å²) in [5.41, 5.74) is 3.33. The van der Waals surface area contributed by atoms with Crippen molar-refractivity contribution in [3.05, 3.63) is 29.3 Å². The van der Waals surface area contributed by atoms with Crippen LogP contribution in [0.4, 0.5) is 9.93 Å². The monoisotopic (exact) mass is 373 g/mol. The highest BCUT2D eigenvalue weighted by Crippen LogP contribution is 2.28. The summed E-state index contributed by atoms with van der Waals surface area (Å²) in [5.74, 6) is 0.0409. The first-order valence-corrected chi connectivity index (χ1v) is 9.40. The zero-order valence-electron chi connectivity index (χ0n) is 15.4. The lowest BCUT2D eigenvalue weighted by molar-refractivity contribution is -0.131. The fraction of sp³-hybridized carbons (Fsp3) is 0.444. The largest absolute Gasteiger partial charge is 0.339 e. The number of hydrogen-bond acceptors (Lipinski definition) is 5. The molecule has 1 fully saturated rings. The van der Waals surface area contributed by atoms with Gasteiger partial charge in [0.25, 0.3) is 0 Å². The Morgan fingerprint density at radius 2 is 1.85 bits per heavy atom. The summed E-state index contributed by atoms with van der Waals surface area (Å²) in [6, 6.07) is 5.97. The lowest BCUT2D eigenvalue weighted by Gasteiger charge is -2.39. The number of rotatable bonds is 2. The van der Waals surface area contributed by atoms with Crippen LogP contribution in [0.25, 0.3) is 10.6 Å². The predicted molar refractivity (Wildman–Crippen MR) is 102 cm³/mol. The van der Waals surface area contributed by atoms with Gasteiger partial charge in [-0.2, -0.15) is 0 Å². The normalized spacial score (nSPS) is 17.3. The Hall–Kier alpha value is -2.48. The minimum absolute atomic E-state index is 0.0409. The number of carbonyl (C=O) groups excluding carboxylic acids is 2. The molecule has 7 nitrogen and oxygen atoms in total. The van der Waals surface area contributed by atoms with Gasteiger partial charge in [-0.1, -0.05) is 28.5 Å². The van der Waals surface area contributed by atoms with E-state index in [1.54, 1.807) is 16.7 Å². The summed E-state index contributed by atoms with van der Waals surface area (Å²) in [6.07, 6.45) is 0. The maximum absolute atomic E-state index is 12.6. The van der Waals surface area contributed by atoms with Crippen LogP contribution >= 0.6 is 11.3 Å². The van der Waals surface area contributed by atoms with E-state index in [0.29, 0.717) is 24.8 Å². The number of aryl methyl sites for hydroxylation is 2. The average Bonchev–Trinajstić information content (AvgIpc) is 3.02. The van der Waals surface area contributed by atoms with E-state index >= 15 is 0 Å². The molecule has 26 heavy (non-hydrogen) atoms. The van der Waals surface area contributed by atoms with E-state index in [4.69, 9.17) is 0 Å². The van der Waals surface area contributed by atoms with Gasteiger partial charge in [0.05, 0.1) is 0 Å². The van der Waals surface area contributed by atoms with Gasteiger partial charge >= 0.3 is 6.03 Å². The van der Waals surface area contributed by atoms with Crippen molar-refractivity contribution in [2.75, 3.05) is 25.0 Å². The van der Waals surface area contributed by atoms with Crippen LogP contribution in [0.1, 0.15) is 25.0 Å². The van der Waals surface area contributed by atoms with E-state index in [-0.39, 0.29) is 18.0 Å². The predicted octanol–water partition coefficient (Wildman–Crippen LogP) is 2.91. The number of nitrogens with one attached hydrogen (secondary N) is 1. The standard InChI is InChI=1S/C18H23N5O2S/c1-11-7-12(2)9-15(8-11)16-20-21-17(26-16)19-18(25)23-6-5-22(14(4)24)10-13(23)3/h7-9,13H,5-6,10H2,1-4H3,(H,19,21,25). The summed E-state index contributed by atoms with van der Waals surface area (Å²) in [7, 11) is 0. The number of carbonyl (C=O) groups is 2. The zero-order chi connectivity index (χ0) is 18.8. The molecule has 1 aliphatic heterocycles. The van der Waals surface area contributed by atoms with Crippen LogP contribution < -0.4 is 5.32 Å². The second-order valence-electron chi connectivity index (χ2n) is 6.73. The molecule has 0 spiro atoms. The lowest BCUT2D eigenvalue weighted by Crippen LogP contribution is -2.56. The second kappa shape index (κ2) is 7.41. The van der Waals surface area contributed by atoms with E-state index in [9.17, 15) is 9.59 Å². The first-order valence-electron chi connectivity index (χ1n) is 8.59. The molecule has 1 aromatic carbocycles. The Morgan fingerprint density at radius 1 is 1.15 bits per heavy atom. The van der Waals surface area contributed by atoms with Crippen molar-refractivity contribution >= 4 is 28.4 Å². The van der Waals surface area contributed by atoms with E-state index in [1.807, 2.05) is 20.8 Å². The van der Waals surface area contributed by atoms with Gasteiger partial charge in [0.15, 0.2) is 0 Å². The van der Waals surface area contributed by atoms with E-state index < -0.39 is 0 Å². The molecule has 3 amide bonds. The quantitative estimate of drug-likeness (QED) is 0.878. The molecule has 0 aliphatic carbocycles.